The summed E-state index contributed by atoms with van der Waals surface area (Å²) in [6, 6.07) is 5.56. The molecule has 1 aliphatic rings. The number of hydrogen-bond donors (Lipinski definition) is 2. The first-order valence-corrected chi connectivity index (χ1v) is 6.52. The first-order valence-electron chi connectivity index (χ1n) is 6.14. The lowest BCUT2D eigenvalue weighted by molar-refractivity contribution is -0.123. The van der Waals surface area contributed by atoms with Gasteiger partial charge in [0.2, 0.25) is 5.91 Å². The minimum absolute atomic E-state index is 0.0473. The fourth-order valence-corrected chi connectivity index (χ4v) is 2.51. The molecule has 98 valence electrons. The van der Waals surface area contributed by atoms with Gasteiger partial charge in [-0.15, -0.1) is 0 Å². The predicted molar refractivity (Wildman–Crippen MR) is 74.0 cm³/mol. The van der Waals surface area contributed by atoms with Crippen molar-refractivity contribution in [3.63, 3.8) is 0 Å². The number of nitrogens with one attached hydrogen (secondary N) is 1. The number of carbonyl (C=O) groups excluding carboxylic acids is 1. The zero-order chi connectivity index (χ0) is 13.1. The number of nitrogens with two attached hydrogens (primary N) is 1. The van der Waals surface area contributed by atoms with E-state index >= 15 is 0 Å². The Morgan fingerprint density at radius 2 is 2.33 bits per heavy atom. The Hall–Kier alpha value is -1.26. The van der Waals surface area contributed by atoms with Gasteiger partial charge in [-0.25, -0.2) is 0 Å². The molecular formula is C13H18ClN3O. The summed E-state index contributed by atoms with van der Waals surface area (Å²) in [6.45, 7) is 3.97. The van der Waals surface area contributed by atoms with E-state index in [1.54, 1.807) is 0 Å². The maximum atomic E-state index is 11.9. The molecule has 3 N–H and O–H groups in total. The van der Waals surface area contributed by atoms with Gasteiger partial charge in [-0.1, -0.05) is 17.7 Å². The first kappa shape index (κ1) is 13.2. The summed E-state index contributed by atoms with van der Waals surface area (Å²) in [6.07, 6.45) is 0.651. The van der Waals surface area contributed by atoms with Crippen LogP contribution in [0.2, 0.25) is 5.02 Å². The molecule has 2 rings (SSSR count). The van der Waals surface area contributed by atoms with Crippen LogP contribution in [0.25, 0.3) is 0 Å². The van der Waals surface area contributed by atoms with E-state index in [1.807, 2.05) is 25.1 Å². The SMILES string of the molecule is Cc1ccc(Cl)cc1N1CCNC(=O)C1CCN. The van der Waals surface area contributed by atoms with Crippen LogP contribution in [-0.2, 0) is 4.79 Å². The van der Waals surface area contributed by atoms with E-state index in [9.17, 15) is 4.79 Å². The Balaban J connectivity index is 2.33. The van der Waals surface area contributed by atoms with Crippen molar-refractivity contribution in [3.05, 3.63) is 28.8 Å². The number of nitrogens with zero attached hydrogens (tertiary/aromatic N) is 1. The molecule has 4 nitrogen and oxygen atoms in total. The maximum absolute atomic E-state index is 11.9. The topological polar surface area (TPSA) is 58.4 Å². The largest absolute Gasteiger partial charge is 0.357 e. The molecule has 1 aliphatic heterocycles. The average Bonchev–Trinajstić information content (AvgIpc) is 2.35. The van der Waals surface area contributed by atoms with Gasteiger partial charge in [0, 0.05) is 23.8 Å². The van der Waals surface area contributed by atoms with E-state index in [0.717, 1.165) is 17.8 Å². The van der Waals surface area contributed by atoms with Crippen LogP contribution >= 0.6 is 11.6 Å². The zero-order valence-electron chi connectivity index (χ0n) is 10.4. The number of benzene rings is 1. The Labute approximate surface area is 112 Å². The Morgan fingerprint density at radius 3 is 3.06 bits per heavy atom. The van der Waals surface area contributed by atoms with Gasteiger partial charge in [0.1, 0.15) is 6.04 Å². The van der Waals surface area contributed by atoms with Crippen molar-refractivity contribution >= 4 is 23.2 Å². The predicted octanol–water partition coefficient (Wildman–Crippen LogP) is 1.30. The third-order valence-corrected chi connectivity index (χ3v) is 3.49. The maximum Gasteiger partial charge on any atom is 0.242 e. The minimum Gasteiger partial charge on any atom is -0.357 e. The van der Waals surface area contributed by atoms with E-state index < -0.39 is 0 Å². The number of carbonyl (C=O) groups is 1. The van der Waals surface area contributed by atoms with Gasteiger partial charge in [0.25, 0.3) is 0 Å². The van der Waals surface area contributed by atoms with Crippen molar-refractivity contribution < 1.29 is 4.79 Å². The van der Waals surface area contributed by atoms with E-state index in [1.165, 1.54) is 0 Å². The number of aryl methyl sites for hydroxylation is 1. The average molecular weight is 268 g/mol. The Bertz CT molecular complexity index is 450. The van der Waals surface area contributed by atoms with Crippen molar-refractivity contribution in [1.29, 1.82) is 0 Å². The molecule has 0 aromatic heterocycles. The number of anilines is 1. The summed E-state index contributed by atoms with van der Waals surface area (Å²) in [7, 11) is 0. The second-order valence-electron chi connectivity index (χ2n) is 4.51. The van der Waals surface area contributed by atoms with Crippen LogP contribution < -0.4 is 16.0 Å². The Morgan fingerprint density at radius 1 is 1.56 bits per heavy atom. The molecule has 1 unspecified atom stereocenters. The molecule has 1 aromatic rings. The molecule has 5 heteroatoms. The lowest BCUT2D eigenvalue weighted by Gasteiger charge is -2.37. The molecule has 18 heavy (non-hydrogen) atoms. The highest BCUT2D eigenvalue weighted by atomic mass is 35.5. The molecule has 0 saturated carbocycles. The fraction of sp³-hybridized carbons (Fsp3) is 0.462. The van der Waals surface area contributed by atoms with Crippen molar-refractivity contribution in [2.45, 2.75) is 19.4 Å². The third kappa shape index (κ3) is 2.60. The molecule has 0 aliphatic carbocycles. The number of rotatable bonds is 3. The van der Waals surface area contributed by atoms with E-state index in [0.29, 0.717) is 24.5 Å². The monoisotopic (exact) mass is 267 g/mol. The lowest BCUT2D eigenvalue weighted by Crippen LogP contribution is -2.56. The first-order chi connectivity index (χ1) is 8.63. The quantitative estimate of drug-likeness (QED) is 0.868. The summed E-state index contributed by atoms with van der Waals surface area (Å²) < 4.78 is 0. The van der Waals surface area contributed by atoms with Gasteiger partial charge in [-0.05, 0) is 37.6 Å². The molecule has 1 aromatic carbocycles. The molecular weight excluding hydrogens is 250 g/mol. The van der Waals surface area contributed by atoms with Gasteiger partial charge in [0.05, 0.1) is 0 Å². The van der Waals surface area contributed by atoms with E-state index in [2.05, 4.69) is 10.2 Å². The smallest absolute Gasteiger partial charge is 0.242 e. The summed E-state index contributed by atoms with van der Waals surface area (Å²) in [5.41, 5.74) is 7.74. The molecule has 0 spiro atoms. The normalized spacial score (nSPS) is 19.8. The Kier molecular flexibility index (Phi) is 4.09. The summed E-state index contributed by atoms with van der Waals surface area (Å²) in [5, 5.41) is 3.57. The van der Waals surface area contributed by atoms with Crippen LogP contribution in [0.3, 0.4) is 0 Å². The third-order valence-electron chi connectivity index (χ3n) is 3.25. The number of halogens is 1. The van der Waals surface area contributed by atoms with E-state index in [4.69, 9.17) is 17.3 Å². The standard InChI is InChI=1S/C13H18ClN3O/c1-9-2-3-10(14)8-12(9)17-7-6-16-13(18)11(17)4-5-15/h2-3,8,11H,4-7,15H2,1H3,(H,16,18). The van der Waals surface area contributed by atoms with Crippen LogP contribution in [0.15, 0.2) is 18.2 Å². The van der Waals surface area contributed by atoms with Gasteiger partial charge in [-0.2, -0.15) is 0 Å². The summed E-state index contributed by atoms with van der Waals surface area (Å²) in [5.74, 6) is 0.0473. The highest BCUT2D eigenvalue weighted by Crippen LogP contribution is 2.27. The second-order valence-corrected chi connectivity index (χ2v) is 4.94. The highest BCUT2D eigenvalue weighted by Gasteiger charge is 2.29. The summed E-state index contributed by atoms with van der Waals surface area (Å²) >= 11 is 6.05. The van der Waals surface area contributed by atoms with Gasteiger partial charge >= 0.3 is 0 Å². The van der Waals surface area contributed by atoms with Crippen molar-refractivity contribution in [1.82, 2.24) is 5.32 Å². The van der Waals surface area contributed by atoms with Crippen LogP contribution in [0.4, 0.5) is 5.69 Å². The minimum atomic E-state index is -0.194. The van der Waals surface area contributed by atoms with Gasteiger partial charge in [0.15, 0.2) is 0 Å². The van der Waals surface area contributed by atoms with Gasteiger partial charge < -0.3 is 16.0 Å². The van der Waals surface area contributed by atoms with Crippen LogP contribution in [0.5, 0.6) is 0 Å². The molecule has 1 atom stereocenters. The molecule has 1 heterocycles. The van der Waals surface area contributed by atoms with Crippen LogP contribution in [0, 0.1) is 6.92 Å². The van der Waals surface area contributed by atoms with Crippen LogP contribution in [0.1, 0.15) is 12.0 Å². The van der Waals surface area contributed by atoms with E-state index in [-0.39, 0.29) is 11.9 Å². The molecule has 1 fully saturated rings. The molecule has 1 amide bonds. The van der Waals surface area contributed by atoms with Gasteiger partial charge in [-0.3, -0.25) is 4.79 Å². The van der Waals surface area contributed by atoms with Crippen molar-refractivity contribution in [2.75, 3.05) is 24.5 Å². The molecule has 1 saturated heterocycles. The number of amides is 1. The molecule has 0 bridgehead atoms. The fourth-order valence-electron chi connectivity index (χ4n) is 2.34. The number of hydrogen-bond acceptors (Lipinski definition) is 3. The summed E-state index contributed by atoms with van der Waals surface area (Å²) in [4.78, 5) is 14.0. The number of piperazine rings is 1. The van der Waals surface area contributed by atoms with Crippen molar-refractivity contribution in [2.24, 2.45) is 5.73 Å². The highest BCUT2D eigenvalue weighted by molar-refractivity contribution is 6.30. The zero-order valence-corrected chi connectivity index (χ0v) is 11.2. The van der Waals surface area contributed by atoms with Crippen LogP contribution in [-0.4, -0.2) is 31.6 Å². The second kappa shape index (κ2) is 5.59. The molecule has 0 radical (unpaired) electrons. The van der Waals surface area contributed by atoms with Crippen molar-refractivity contribution in [3.8, 4) is 0 Å². The lowest BCUT2D eigenvalue weighted by atomic mass is 10.1.